The maximum atomic E-state index is 13.0. The predicted molar refractivity (Wildman–Crippen MR) is 128 cm³/mol. The SMILES string of the molecule is CC1(COc2cccnc2C(=O)NCc2ccccc2)CCN(C(=O)C2CCC(C(F)(F)F)CC2)C1. The van der Waals surface area contributed by atoms with Gasteiger partial charge in [-0.3, -0.25) is 9.59 Å². The molecule has 1 unspecified atom stereocenters. The molecule has 1 saturated heterocycles. The van der Waals surface area contributed by atoms with E-state index in [1.165, 1.54) is 6.20 Å². The molecule has 1 aliphatic carbocycles. The topological polar surface area (TPSA) is 71.5 Å². The summed E-state index contributed by atoms with van der Waals surface area (Å²) < 4.78 is 44.9. The number of carbonyl (C=O) groups excluding carboxylic acids is 2. The van der Waals surface area contributed by atoms with E-state index in [1.807, 2.05) is 37.3 Å². The normalized spacial score (nSPS) is 24.4. The highest BCUT2D eigenvalue weighted by atomic mass is 19.4. The first-order valence-corrected chi connectivity index (χ1v) is 12.4. The fourth-order valence-corrected chi connectivity index (χ4v) is 5.05. The van der Waals surface area contributed by atoms with E-state index in [4.69, 9.17) is 4.74 Å². The van der Waals surface area contributed by atoms with Crippen LogP contribution in [0.2, 0.25) is 0 Å². The minimum Gasteiger partial charge on any atom is -0.490 e. The van der Waals surface area contributed by atoms with Crippen molar-refractivity contribution in [1.29, 1.82) is 0 Å². The maximum Gasteiger partial charge on any atom is 0.391 e. The van der Waals surface area contributed by atoms with Gasteiger partial charge in [0.15, 0.2) is 11.4 Å². The molecule has 4 rings (SSSR count). The van der Waals surface area contributed by atoms with Crippen molar-refractivity contribution >= 4 is 11.8 Å². The quantitative estimate of drug-likeness (QED) is 0.578. The Morgan fingerprint density at radius 2 is 1.83 bits per heavy atom. The van der Waals surface area contributed by atoms with E-state index >= 15 is 0 Å². The molecule has 194 valence electrons. The van der Waals surface area contributed by atoms with E-state index in [2.05, 4.69) is 10.3 Å². The van der Waals surface area contributed by atoms with Crippen LogP contribution in [0.4, 0.5) is 13.2 Å². The highest BCUT2D eigenvalue weighted by Gasteiger charge is 2.44. The van der Waals surface area contributed by atoms with Crippen molar-refractivity contribution in [2.45, 2.75) is 51.7 Å². The summed E-state index contributed by atoms with van der Waals surface area (Å²) in [6.07, 6.45) is -1.33. The molecule has 2 aromatic rings. The number of rotatable bonds is 7. The van der Waals surface area contributed by atoms with Gasteiger partial charge in [-0.15, -0.1) is 0 Å². The summed E-state index contributed by atoms with van der Waals surface area (Å²) in [6.45, 7) is 3.71. The number of carbonyl (C=O) groups is 2. The number of hydrogen-bond donors (Lipinski definition) is 1. The van der Waals surface area contributed by atoms with E-state index in [1.54, 1.807) is 17.0 Å². The zero-order chi connectivity index (χ0) is 25.8. The van der Waals surface area contributed by atoms with Gasteiger partial charge in [0, 0.05) is 37.2 Å². The molecule has 1 N–H and O–H groups in total. The van der Waals surface area contributed by atoms with Crippen molar-refractivity contribution in [1.82, 2.24) is 15.2 Å². The highest BCUT2D eigenvalue weighted by molar-refractivity contribution is 5.94. The number of benzene rings is 1. The third-order valence-electron chi connectivity index (χ3n) is 7.27. The van der Waals surface area contributed by atoms with Crippen LogP contribution < -0.4 is 10.1 Å². The number of amides is 2. The maximum absolute atomic E-state index is 13.0. The Morgan fingerprint density at radius 3 is 2.53 bits per heavy atom. The van der Waals surface area contributed by atoms with Crippen molar-refractivity contribution in [3.8, 4) is 5.75 Å². The van der Waals surface area contributed by atoms with Crippen LogP contribution in [0.1, 0.15) is 55.1 Å². The number of aromatic nitrogens is 1. The molecule has 2 heterocycles. The van der Waals surface area contributed by atoms with Crippen molar-refractivity contribution in [3.05, 3.63) is 59.9 Å². The van der Waals surface area contributed by atoms with Gasteiger partial charge in [0.05, 0.1) is 12.5 Å². The molecule has 36 heavy (non-hydrogen) atoms. The standard InChI is InChI=1S/C27H32F3N3O3/c1-26(13-15-33(17-26)25(35)20-9-11-21(12-10-20)27(28,29)30)18-36-22-8-5-14-31-23(22)24(34)32-16-19-6-3-2-4-7-19/h2-8,14,20-21H,9-13,15-18H2,1H3,(H,32,34). The first-order valence-electron chi connectivity index (χ1n) is 12.4. The van der Waals surface area contributed by atoms with Crippen molar-refractivity contribution in [3.63, 3.8) is 0 Å². The molecule has 2 aliphatic rings. The molecule has 6 nitrogen and oxygen atoms in total. The smallest absolute Gasteiger partial charge is 0.391 e. The van der Waals surface area contributed by atoms with E-state index in [-0.39, 0.29) is 54.5 Å². The molecule has 1 aromatic carbocycles. The zero-order valence-electron chi connectivity index (χ0n) is 20.4. The molecule has 0 radical (unpaired) electrons. The Hall–Kier alpha value is -3.10. The third-order valence-corrected chi connectivity index (χ3v) is 7.27. The fraction of sp³-hybridized carbons (Fsp3) is 0.519. The van der Waals surface area contributed by atoms with Crippen LogP contribution in [0.5, 0.6) is 5.75 Å². The van der Waals surface area contributed by atoms with Crippen LogP contribution in [0.15, 0.2) is 48.7 Å². The first kappa shape index (κ1) is 26.0. The van der Waals surface area contributed by atoms with Gasteiger partial charge in [0.25, 0.3) is 5.91 Å². The van der Waals surface area contributed by atoms with Gasteiger partial charge < -0.3 is 15.0 Å². The zero-order valence-corrected chi connectivity index (χ0v) is 20.4. The van der Waals surface area contributed by atoms with Gasteiger partial charge in [-0.05, 0) is 49.8 Å². The summed E-state index contributed by atoms with van der Waals surface area (Å²) in [6, 6.07) is 13.0. The molecule has 1 atom stereocenters. The number of hydrogen-bond acceptors (Lipinski definition) is 4. The Morgan fingerprint density at radius 1 is 1.11 bits per heavy atom. The van der Waals surface area contributed by atoms with E-state index in [9.17, 15) is 22.8 Å². The molecule has 0 spiro atoms. The van der Waals surface area contributed by atoms with Crippen LogP contribution in [-0.2, 0) is 11.3 Å². The number of likely N-dealkylation sites (tertiary alicyclic amines) is 1. The van der Waals surface area contributed by atoms with Gasteiger partial charge >= 0.3 is 6.18 Å². The Labute approximate surface area is 209 Å². The second-order valence-electron chi connectivity index (χ2n) is 10.2. The summed E-state index contributed by atoms with van der Waals surface area (Å²) in [4.78, 5) is 31.7. The van der Waals surface area contributed by atoms with Crippen molar-refractivity contribution in [2.24, 2.45) is 17.3 Å². The molecule has 0 bridgehead atoms. The molecular formula is C27H32F3N3O3. The largest absolute Gasteiger partial charge is 0.490 e. The summed E-state index contributed by atoms with van der Waals surface area (Å²) >= 11 is 0. The number of halogens is 3. The number of ether oxygens (including phenoxy) is 1. The Balaban J connectivity index is 1.30. The number of nitrogens with zero attached hydrogens (tertiary/aromatic N) is 2. The molecule has 1 saturated carbocycles. The molecule has 1 aromatic heterocycles. The average molecular weight is 504 g/mol. The number of alkyl halides is 3. The summed E-state index contributed by atoms with van der Waals surface area (Å²) in [5.41, 5.74) is 0.843. The van der Waals surface area contributed by atoms with Crippen molar-refractivity contribution in [2.75, 3.05) is 19.7 Å². The van der Waals surface area contributed by atoms with Crippen molar-refractivity contribution < 1.29 is 27.5 Å². The van der Waals surface area contributed by atoms with Crippen LogP contribution in [0.25, 0.3) is 0 Å². The second-order valence-corrected chi connectivity index (χ2v) is 10.2. The predicted octanol–water partition coefficient (Wildman–Crippen LogP) is 5.00. The Bertz CT molecular complexity index is 1050. The lowest BCUT2D eigenvalue weighted by atomic mass is 9.81. The van der Waals surface area contributed by atoms with Crippen LogP contribution in [-0.4, -0.2) is 47.6 Å². The Kier molecular flexibility index (Phi) is 7.85. The lowest BCUT2D eigenvalue weighted by Gasteiger charge is -2.32. The minimum absolute atomic E-state index is 0.0181. The van der Waals surface area contributed by atoms with Crippen LogP contribution in [0, 0.1) is 17.3 Å². The molecular weight excluding hydrogens is 471 g/mol. The van der Waals surface area contributed by atoms with Crippen LogP contribution >= 0.6 is 0 Å². The molecule has 9 heteroatoms. The first-order chi connectivity index (χ1) is 17.1. The molecule has 2 fully saturated rings. The van der Waals surface area contributed by atoms with Gasteiger partial charge in [-0.25, -0.2) is 4.98 Å². The van der Waals surface area contributed by atoms with E-state index < -0.39 is 12.1 Å². The third kappa shape index (κ3) is 6.36. The summed E-state index contributed by atoms with van der Waals surface area (Å²) in [7, 11) is 0. The van der Waals surface area contributed by atoms with Gasteiger partial charge in [0.1, 0.15) is 0 Å². The lowest BCUT2D eigenvalue weighted by Crippen LogP contribution is -2.39. The van der Waals surface area contributed by atoms with Gasteiger partial charge in [0.2, 0.25) is 5.91 Å². The van der Waals surface area contributed by atoms with E-state index in [0.29, 0.717) is 38.4 Å². The van der Waals surface area contributed by atoms with Gasteiger partial charge in [-0.2, -0.15) is 13.2 Å². The monoisotopic (exact) mass is 503 g/mol. The second kappa shape index (κ2) is 10.9. The summed E-state index contributed by atoms with van der Waals surface area (Å²) in [5, 5.41) is 2.86. The average Bonchev–Trinajstić information content (AvgIpc) is 3.28. The molecule has 1 aliphatic heterocycles. The van der Waals surface area contributed by atoms with E-state index in [0.717, 1.165) is 5.56 Å². The lowest BCUT2D eigenvalue weighted by molar-refractivity contribution is -0.185. The van der Waals surface area contributed by atoms with Crippen LogP contribution in [0.3, 0.4) is 0 Å². The highest BCUT2D eigenvalue weighted by Crippen LogP contribution is 2.41. The minimum atomic E-state index is -4.18. The number of pyridine rings is 1. The van der Waals surface area contributed by atoms with Gasteiger partial charge in [-0.1, -0.05) is 37.3 Å². The molecule has 2 amide bonds. The summed E-state index contributed by atoms with van der Waals surface area (Å²) in [5.74, 6) is -1.65. The number of nitrogens with one attached hydrogen (secondary N) is 1. The fourth-order valence-electron chi connectivity index (χ4n) is 5.05.